The number of hydrogen-bond donors (Lipinski definition) is 0. The standard InChI is InChI=1S/C7H13N/c1-4-7-5-8(3)6(7)2/h7H,2,4-5H2,1,3H3. The molecule has 0 bridgehead atoms. The topological polar surface area (TPSA) is 3.24 Å². The van der Waals surface area contributed by atoms with Gasteiger partial charge in [-0.25, -0.2) is 0 Å². The average molecular weight is 111 g/mol. The summed E-state index contributed by atoms with van der Waals surface area (Å²) in [6.07, 6.45) is 1.25. The van der Waals surface area contributed by atoms with Crippen LogP contribution in [-0.4, -0.2) is 18.5 Å². The molecule has 1 heterocycles. The Morgan fingerprint density at radius 2 is 2.50 bits per heavy atom. The molecule has 1 unspecified atom stereocenters. The zero-order valence-corrected chi connectivity index (χ0v) is 5.65. The smallest absolute Gasteiger partial charge is 0.0254 e. The van der Waals surface area contributed by atoms with Gasteiger partial charge in [0.05, 0.1) is 0 Å². The third-order valence-electron chi connectivity index (χ3n) is 1.95. The largest absolute Gasteiger partial charge is 0.377 e. The first-order valence-corrected chi connectivity index (χ1v) is 3.15. The van der Waals surface area contributed by atoms with Crippen LogP contribution in [0.5, 0.6) is 0 Å². The summed E-state index contributed by atoms with van der Waals surface area (Å²) in [6.45, 7) is 7.35. The fraction of sp³-hybridized carbons (Fsp3) is 0.714. The van der Waals surface area contributed by atoms with Crippen LogP contribution in [0, 0.1) is 5.92 Å². The van der Waals surface area contributed by atoms with Crippen molar-refractivity contribution in [1.29, 1.82) is 0 Å². The highest BCUT2D eigenvalue weighted by atomic mass is 15.2. The lowest BCUT2D eigenvalue weighted by Gasteiger charge is -2.40. The molecular formula is C7H13N. The van der Waals surface area contributed by atoms with Crippen molar-refractivity contribution >= 4 is 0 Å². The summed E-state index contributed by atoms with van der Waals surface area (Å²) in [7, 11) is 2.09. The van der Waals surface area contributed by atoms with Crippen molar-refractivity contribution in [3.05, 3.63) is 12.3 Å². The second-order valence-electron chi connectivity index (χ2n) is 2.48. The Hall–Kier alpha value is -0.460. The number of nitrogens with zero attached hydrogens (tertiary/aromatic N) is 1. The molecule has 46 valence electrons. The number of rotatable bonds is 1. The minimum absolute atomic E-state index is 0.792. The van der Waals surface area contributed by atoms with Gasteiger partial charge >= 0.3 is 0 Å². The molecule has 0 N–H and O–H groups in total. The molecule has 0 radical (unpaired) electrons. The highest BCUT2D eigenvalue weighted by molar-refractivity contribution is 5.08. The summed E-state index contributed by atoms with van der Waals surface area (Å²) in [5.41, 5.74) is 1.31. The lowest BCUT2D eigenvalue weighted by atomic mass is 9.94. The fourth-order valence-electron chi connectivity index (χ4n) is 1.12. The van der Waals surface area contributed by atoms with Crippen molar-refractivity contribution in [3.63, 3.8) is 0 Å². The Labute approximate surface area is 51.0 Å². The van der Waals surface area contributed by atoms with E-state index >= 15 is 0 Å². The van der Waals surface area contributed by atoms with E-state index in [9.17, 15) is 0 Å². The third-order valence-corrected chi connectivity index (χ3v) is 1.95. The molecule has 1 fully saturated rings. The molecule has 0 aromatic rings. The Morgan fingerprint density at radius 3 is 2.62 bits per heavy atom. The first-order chi connectivity index (χ1) is 3.75. The molecule has 1 aliphatic heterocycles. The van der Waals surface area contributed by atoms with Gasteiger partial charge in [0.25, 0.3) is 0 Å². The van der Waals surface area contributed by atoms with Crippen LogP contribution in [0.3, 0.4) is 0 Å². The van der Waals surface area contributed by atoms with E-state index in [2.05, 4.69) is 25.5 Å². The maximum atomic E-state index is 3.92. The van der Waals surface area contributed by atoms with Crippen molar-refractivity contribution in [2.75, 3.05) is 13.6 Å². The Kier molecular flexibility index (Phi) is 1.28. The predicted molar refractivity (Wildman–Crippen MR) is 35.6 cm³/mol. The van der Waals surface area contributed by atoms with E-state index in [4.69, 9.17) is 0 Å². The lowest BCUT2D eigenvalue weighted by Crippen LogP contribution is -2.39. The number of likely N-dealkylation sites (tertiary alicyclic amines) is 1. The van der Waals surface area contributed by atoms with Crippen LogP contribution < -0.4 is 0 Å². The maximum Gasteiger partial charge on any atom is 0.0254 e. The van der Waals surface area contributed by atoms with Crippen molar-refractivity contribution in [2.45, 2.75) is 13.3 Å². The van der Waals surface area contributed by atoms with Gasteiger partial charge in [-0.05, 0) is 6.42 Å². The fourth-order valence-corrected chi connectivity index (χ4v) is 1.12. The third kappa shape index (κ3) is 0.623. The summed E-state index contributed by atoms with van der Waals surface area (Å²) >= 11 is 0. The Bertz CT molecular complexity index is 107. The maximum absolute atomic E-state index is 3.92. The minimum Gasteiger partial charge on any atom is -0.377 e. The van der Waals surface area contributed by atoms with Crippen LogP contribution >= 0.6 is 0 Å². The van der Waals surface area contributed by atoms with Gasteiger partial charge in [-0.1, -0.05) is 13.5 Å². The van der Waals surface area contributed by atoms with Crippen LogP contribution in [0.2, 0.25) is 0 Å². The molecule has 1 nitrogen and oxygen atoms in total. The summed E-state index contributed by atoms with van der Waals surface area (Å²) in [5.74, 6) is 0.792. The summed E-state index contributed by atoms with van der Waals surface area (Å²) in [6, 6.07) is 0. The predicted octanol–water partition coefficient (Wildman–Crippen LogP) is 1.47. The molecule has 1 rings (SSSR count). The van der Waals surface area contributed by atoms with Gasteiger partial charge in [-0.3, -0.25) is 0 Å². The van der Waals surface area contributed by atoms with Gasteiger partial charge in [0.2, 0.25) is 0 Å². The van der Waals surface area contributed by atoms with E-state index in [0.717, 1.165) is 5.92 Å². The minimum atomic E-state index is 0.792. The van der Waals surface area contributed by atoms with Crippen molar-refractivity contribution in [1.82, 2.24) is 4.90 Å². The van der Waals surface area contributed by atoms with Crippen LogP contribution in [0.1, 0.15) is 13.3 Å². The first kappa shape index (κ1) is 5.67. The highest BCUT2D eigenvalue weighted by Gasteiger charge is 2.24. The monoisotopic (exact) mass is 111 g/mol. The summed E-state index contributed by atoms with van der Waals surface area (Å²) < 4.78 is 0. The molecule has 0 amide bonds. The summed E-state index contributed by atoms with van der Waals surface area (Å²) in [5, 5.41) is 0. The molecule has 0 saturated carbocycles. The lowest BCUT2D eigenvalue weighted by molar-refractivity contribution is 0.214. The SMILES string of the molecule is C=C1C(CC)CN1C. The quantitative estimate of drug-likeness (QED) is 0.495. The Morgan fingerprint density at radius 1 is 1.88 bits per heavy atom. The molecule has 0 aromatic heterocycles. The van der Waals surface area contributed by atoms with Gasteiger partial charge in [-0.2, -0.15) is 0 Å². The molecule has 0 spiro atoms. The van der Waals surface area contributed by atoms with Crippen LogP contribution in [0.25, 0.3) is 0 Å². The molecule has 1 aliphatic rings. The molecule has 1 saturated heterocycles. The van der Waals surface area contributed by atoms with E-state index in [0.29, 0.717) is 0 Å². The van der Waals surface area contributed by atoms with Gasteiger partial charge in [0.15, 0.2) is 0 Å². The van der Waals surface area contributed by atoms with Crippen molar-refractivity contribution in [3.8, 4) is 0 Å². The average Bonchev–Trinajstić information content (AvgIpc) is 1.81. The highest BCUT2D eigenvalue weighted by Crippen LogP contribution is 2.27. The van der Waals surface area contributed by atoms with Gasteiger partial charge in [0, 0.05) is 25.2 Å². The Balaban J connectivity index is 2.36. The second kappa shape index (κ2) is 1.81. The molecular weight excluding hydrogens is 98.1 g/mol. The first-order valence-electron chi connectivity index (χ1n) is 3.15. The molecule has 0 aromatic carbocycles. The molecule has 0 aliphatic carbocycles. The van der Waals surface area contributed by atoms with Crippen LogP contribution in [-0.2, 0) is 0 Å². The van der Waals surface area contributed by atoms with E-state index in [1.165, 1.54) is 18.7 Å². The van der Waals surface area contributed by atoms with E-state index in [1.807, 2.05) is 0 Å². The van der Waals surface area contributed by atoms with Gasteiger partial charge < -0.3 is 4.90 Å². The van der Waals surface area contributed by atoms with Crippen molar-refractivity contribution in [2.24, 2.45) is 5.92 Å². The van der Waals surface area contributed by atoms with E-state index in [-0.39, 0.29) is 0 Å². The number of hydrogen-bond acceptors (Lipinski definition) is 1. The van der Waals surface area contributed by atoms with E-state index in [1.54, 1.807) is 0 Å². The van der Waals surface area contributed by atoms with Gasteiger partial charge in [0.1, 0.15) is 0 Å². The molecule has 1 heteroatoms. The van der Waals surface area contributed by atoms with Crippen molar-refractivity contribution < 1.29 is 0 Å². The molecule has 8 heavy (non-hydrogen) atoms. The molecule has 1 atom stereocenters. The normalized spacial score (nSPS) is 28.0. The zero-order valence-electron chi connectivity index (χ0n) is 5.65. The summed E-state index contributed by atoms with van der Waals surface area (Å²) in [4.78, 5) is 2.20. The van der Waals surface area contributed by atoms with Gasteiger partial charge in [-0.15, -0.1) is 0 Å². The van der Waals surface area contributed by atoms with Crippen LogP contribution in [0.15, 0.2) is 12.3 Å². The second-order valence-corrected chi connectivity index (χ2v) is 2.48. The zero-order chi connectivity index (χ0) is 6.15. The van der Waals surface area contributed by atoms with E-state index < -0.39 is 0 Å². The van der Waals surface area contributed by atoms with Crippen LogP contribution in [0.4, 0.5) is 0 Å².